The van der Waals surface area contributed by atoms with E-state index >= 15 is 0 Å². The number of nitrogens with zero attached hydrogens (tertiary/aromatic N) is 1. The molecule has 0 fully saturated rings. The number of hydrogen-bond acceptors (Lipinski definition) is 3. The molecule has 1 amide bonds. The van der Waals surface area contributed by atoms with Crippen molar-refractivity contribution in [3.05, 3.63) is 60.4 Å². The topological polar surface area (TPSA) is 69.8 Å². The summed E-state index contributed by atoms with van der Waals surface area (Å²) in [6, 6.07) is 14.8. The van der Waals surface area contributed by atoms with Crippen molar-refractivity contribution in [3.63, 3.8) is 0 Å². The van der Waals surface area contributed by atoms with E-state index in [9.17, 15) is 4.79 Å². The molecule has 3 rings (SSSR count). The summed E-state index contributed by atoms with van der Waals surface area (Å²) in [4.78, 5) is 19.1. The van der Waals surface area contributed by atoms with Crippen molar-refractivity contribution in [3.8, 4) is 0 Å². The predicted octanol–water partition coefficient (Wildman–Crippen LogP) is 2.32. The van der Waals surface area contributed by atoms with E-state index in [-0.39, 0.29) is 5.91 Å². The average molecular weight is 252 g/mol. The normalized spacial score (nSPS) is 10.3. The van der Waals surface area contributed by atoms with Gasteiger partial charge in [-0.1, -0.05) is 18.2 Å². The first-order valence-corrected chi connectivity index (χ1v) is 5.87. The lowest BCUT2D eigenvalue weighted by molar-refractivity contribution is 0.0963. The van der Waals surface area contributed by atoms with Gasteiger partial charge in [0.2, 0.25) is 0 Å². The summed E-state index contributed by atoms with van der Waals surface area (Å²) in [7, 11) is 0. The number of carbonyl (C=O) groups excluding carboxylic acids is 1. The second-order valence-corrected chi connectivity index (χ2v) is 4.08. The van der Waals surface area contributed by atoms with Gasteiger partial charge in [-0.05, 0) is 30.3 Å². The first-order valence-electron chi connectivity index (χ1n) is 5.87. The van der Waals surface area contributed by atoms with Gasteiger partial charge in [-0.15, -0.1) is 0 Å². The molecule has 0 radical (unpaired) electrons. The molecule has 0 saturated carbocycles. The number of imidazole rings is 1. The van der Waals surface area contributed by atoms with E-state index in [2.05, 4.69) is 20.8 Å². The Hall–Kier alpha value is -2.82. The molecule has 2 aromatic carbocycles. The van der Waals surface area contributed by atoms with Crippen LogP contribution in [0.5, 0.6) is 0 Å². The number of benzene rings is 2. The molecule has 5 heteroatoms. The molecule has 19 heavy (non-hydrogen) atoms. The van der Waals surface area contributed by atoms with Crippen LogP contribution in [-0.2, 0) is 0 Å². The number of para-hydroxylation sites is 1. The van der Waals surface area contributed by atoms with E-state index in [0.29, 0.717) is 5.56 Å². The molecule has 5 nitrogen and oxygen atoms in total. The fraction of sp³-hybridized carbons (Fsp3) is 0. The number of aromatic amines is 1. The Morgan fingerprint density at radius 1 is 1.11 bits per heavy atom. The van der Waals surface area contributed by atoms with Gasteiger partial charge in [0.25, 0.3) is 5.91 Å². The Kier molecular flexibility index (Phi) is 2.86. The predicted molar refractivity (Wildman–Crippen MR) is 73.6 cm³/mol. The fourth-order valence-corrected chi connectivity index (χ4v) is 1.80. The van der Waals surface area contributed by atoms with Gasteiger partial charge in [0.05, 0.1) is 23.0 Å². The second-order valence-electron chi connectivity index (χ2n) is 4.08. The summed E-state index contributed by atoms with van der Waals surface area (Å²) in [5.41, 5.74) is 8.59. The summed E-state index contributed by atoms with van der Waals surface area (Å²) < 4.78 is 0. The van der Waals surface area contributed by atoms with E-state index in [1.54, 1.807) is 18.5 Å². The number of aromatic nitrogens is 2. The van der Waals surface area contributed by atoms with Crippen LogP contribution >= 0.6 is 0 Å². The number of fused-ring (bicyclic) bond motifs is 1. The van der Waals surface area contributed by atoms with Crippen LogP contribution in [0.3, 0.4) is 0 Å². The molecule has 3 N–H and O–H groups in total. The third-order valence-corrected chi connectivity index (χ3v) is 2.78. The number of nitrogens with one attached hydrogen (secondary N) is 3. The molecule has 0 atom stereocenters. The molecule has 3 aromatic rings. The van der Waals surface area contributed by atoms with Gasteiger partial charge in [0.15, 0.2) is 0 Å². The Bertz CT molecular complexity index is 706. The van der Waals surface area contributed by atoms with Gasteiger partial charge in [-0.2, -0.15) is 0 Å². The summed E-state index contributed by atoms with van der Waals surface area (Å²) in [6.07, 6.45) is 1.61. The second kappa shape index (κ2) is 4.81. The van der Waals surface area contributed by atoms with Crippen LogP contribution in [0, 0.1) is 0 Å². The SMILES string of the molecule is O=C(NNc1ccccc1)c1ccc2nc[nH]c2c1. The minimum Gasteiger partial charge on any atom is -0.345 e. The number of hydrazine groups is 1. The Morgan fingerprint density at radius 2 is 1.95 bits per heavy atom. The zero-order valence-corrected chi connectivity index (χ0v) is 10.1. The third kappa shape index (κ3) is 2.40. The number of carbonyl (C=O) groups is 1. The molecule has 1 aromatic heterocycles. The maximum atomic E-state index is 12.0. The maximum Gasteiger partial charge on any atom is 0.269 e. The summed E-state index contributed by atoms with van der Waals surface area (Å²) >= 11 is 0. The minimum absolute atomic E-state index is 0.194. The molecule has 0 spiro atoms. The summed E-state index contributed by atoms with van der Waals surface area (Å²) in [6.45, 7) is 0. The van der Waals surface area contributed by atoms with Crippen molar-refractivity contribution in [2.75, 3.05) is 5.43 Å². The monoisotopic (exact) mass is 252 g/mol. The van der Waals surface area contributed by atoms with Gasteiger partial charge < -0.3 is 4.98 Å². The van der Waals surface area contributed by atoms with Crippen molar-refractivity contribution >= 4 is 22.6 Å². The van der Waals surface area contributed by atoms with Crippen LogP contribution in [-0.4, -0.2) is 15.9 Å². The molecule has 0 aliphatic heterocycles. The molecule has 0 bridgehead atoms. The zero-order valence-electron chi connectivity index (χ0n) is 10.1. The van der Waals surface area contributed by atoms with E-state index in [0.717, 1.165) is 16.7 Å². The number of H-pyrrole nitrogens is 1. The van der Waals surface area contributed by atoms with Crippen LogP contribution in [0.2, 0.25) is 0 Å². The highest BCUT2D eigenvalue weighted by Crippen LogP contribution is 2.11. The van der Waals surface area contributed by atoms with Gasteiger partial charge in [-0.25, -0.2) is 4.98 Å². The van der Waals surface area contributed by atoms with E-state index in [1.165, 1.54) is 0 Å². The molecule has 0 unspecified atom stereocenters. The van der Waals surface area contributed by atoms with Crippen LogP contribution in [0.1, 0.15) is 10.4 Å². The number of rotatable bonds is 3. The van der Waals surface area contributed by atoms with E-state index < -0.39 is 0 Å². The summed E-state index contributed by atoms with van der Waals surface area (Å²) in [5.74, 6) is -0.194. The fourth-order valence-electron chi connectivity index (χ4n) is 1.80. The van der Waals surface area contributed by atoms with Crippen molar-refractivity contribution in [2.24, 2.45) is 0 Å². The van der Waals surface area contributed by atoms with Crippen molar-refractivity contribution in [2.45, 2.75) is 0 Å². The molecular weight excluding hydrogens is 240 g/mol. The molecule has 0 saturated heterocycles. The average Bonchev–Trinajstić information content (AvgIpc) is 2.93. The van der Waals surface area contributed by atoms with Crippen LogP contribution in [0.25, 0.3) is 11.0 Å². The van der Waals surface area contributed by atoms with Gasteiger partial charge in [-0.3, -0.25) is 15.6 Å². The number of hydrogen-bond donors (Lipinski definition) is 3. The van der Waals surface area contributed by atoms with Crippen LogP contribution < -0.4 is 10.9 Å². The largest absolute Gasteiger partial charge is 0.345 e. The molecule has 0 aliphatic rings. The van der Waals surface area contributed by atoms with Gasteiger partial charge in [0, 0.05) is 5.56 Å². The number of amides is 1. The van der Waals surface area contributed by atoms with Crippen molar-refractivity contribution < 1.29 is 4.79 Å². The Labute approximate surface area is 109 Å². The lowest BCUT2D eigenvalue weighted by Crippen LogP contribution is -2.29. The quantitative estimate of drug-likeness (QED) is 0.626. The lowest BCUT2D eigenvalue weighted by atomic mass is 10.2. The highest BCUT2D eigenvalue weighted by atomic mass is 16.2. The smallest absolute Gasteiger partial charge is 0.269 e. The highest BCUT2D eigenvalue weighted by Gasteiger charge is 2.06. The first kappa shape index (κ1) is 11.3. The molecule has 0 aliphatic carbocycles. The standard InChI is InChI=1S/C14H12N4O/c19-14(18-17-11-4-2-1-3-5-11)10-6-7-12-13(8-10)16-9-15-12/h1-9,17H,(H,15,16)(H,18,19). The molecular formula is C14H12N4O. The lowest BCUT2D eigenvalue weighted by Gasteiger charge is -2.08. The van der Waals surface area contributed by atoms with Crippen LogP contribution in [0.15, 0.2) is 54.9 Å². The number of anilines is 1. The van der Waals surface area contributed by atoms with E-state index in [1.807, 2.05) is 36.4 Å². The third-order valence-electron chi connectivity index (χ3n) is 2.78. The first-order chi connectivity index (χ1) is 9.33. The minimum atomic E-state index is -0.194. The van der Waals surface area contributed by atoms with E-state index in [4.69, 9.17) is 0 Å². The van der Waals surface area contributed by atoms with Crippen molar-refractivity contribution in [1.29, 1.82) is 0 Å². The van der Waals surface area contributed by atoms with Gasteiger partial charge >= 0.3 is 0 Å². The summed E-state index contributed by atoms with van der Waals surface area (Å²) in [5, 5.41) is 0. The molecule has 94 valence electrons. The molecule has 1 heterocycles. The maximum absolute atomic E-state index is 12.0. The Morgan fingerprint density at radius 3 is 2.79 bits per heavy atom. The zero-order chi connectivity index (χ0) is 13.1. The van der Waals surface area contributed by atoms with Crippen LogP contribution in [0.4, 0.5) is 5.69 Å². The van der Waals surface area contributed by atoms with Crippen molar-refractivity contribution in [1.82, 2.24) is 15.4 Å². The van der Waals surface area contributed by atoms with Gasteiger partial charge in [0.1, 0.15) is 0 Å². The Balaban J connectivity index is 1.73. The highest BCUT2D eigenvalue weighted by molar-refractivity contribution is 5.97.